The fourth-order valence-corrected chi connectivity index (χ4v) is 2.77. The van der Waals surface area contributed by atoms with E-state index in [2.05, 4.69) is 15.4 Å². The van der Waals surface area contributed by atoms with Crippen molar-refractivity contribution in [2.75, 3.05) is 6.54 Å². The zero-order chi connectivity index (χ0) is 18.0. The van der Waals surface area contributed by atoms with Gasteiger partial charge >= 0.3 is 0 Å². The van der Waals surface area contributed by atoms with E-state index >= 15 is 0 Å². The zero-order valence-corrected chi connectivity index (χ0v) is 14.6. The number of aromatic nitrogens is 3. The van der Waals surface area contributed by atoms with Gasteiger partial charge in [0, 0.05) is 18.1 Å². The van der Waals surface area contributed by atoms with Gasteiger partial charge in [0.05, 0.1) is 5.69 Å². The van der Waals surface area contributed by atoms with E-state index in [0.29, 0.717) is 18.1 Å². The minimum absolute atomic E-state index is 0.0907. The lowest BCUT2D eigenvalue weighted by Crippen LogP contribution is -2.31. The Labute approximate surface area is 145 Å². The Balaban J connectivity index is 1.97. The van der Waals surface area contributed by atoms with E-state index in [9.17, 15) is 9.18 Å². The molecule has 0 aliphatic heterocycles. The number of nitrogens with zero attached hydrogens (tertiary/aromatic N) is 3. The number of pyridine rings is 1. The topological polar surface area (TPSA) is 59.8 Å². The van der Waals surface area contributed by atoms with Crippen molar-refractivity contribution in [3.8, 4) is 11.1 Å². The minimum Gasteiger partial charge on any atom is -0.354 e. The molecule has 5 nitrogen and oxygen atoms in total. The molecule has 0 bridgehead atoms. The summed E-state index contributed by atoms with van der Waals surface area (Å²) in [4.78, 5) is 16.5. The van der Waals surface area contributed by atoms with Crippen molar-refractivity contribution < 1.29 is 9.18 Å². The molecule has 0 atom stereocenters. The molecule has 0 saturated heterocycles. The SMILES string of the molecule is Cc1nn(CC(=O)NCC(C)C)c2nccc(-c3ccc(F)cc3)c12. The molecule has 6 heteroatoms. The Morgan fingerprint density at radius 3 is 2.64 bits per heavy atom. The van der Waals surface area contributed by atoms with E-state index in [1.807, 2.05) is 26.8 Å². The Kier molecular flexibility index (Phi) is 4.79. The Morgan fingerprint density at radius 2 is 1.96 bits per heavy atom. The highest BCUT2D eigenvalue weighted by Gasteiger charge is 2.16. The van der Waals surface area contributed by atoms with Crippen LogP contribution in [0.25, 0.3) is 22.2 Å². The standard InChI is InChI=1S/C19H21FN4O/c1-12(2)10-22-17(25)11-24-19-18(13(3)23-24)16(8-9-21-19)14-4-6-15(20)7-5-14/h4-9,12H,10-11H2,1-3H3,(H,22,25). The molecule has 0 radical (unpaired) electrons. The summed E-state index contributed by atoms with van der Waals surface area (Å²) in [6.07, 6.45) is 1.69. The monoisotopic (exact) mass is 340 g/mol. The number of carbonyl (C=O) groups is 1. The van der Waals surface area contributed by atoms with Gasteiger partial charge in [0.25, 0.3) is 0 Å². The molecule has 0 saturated carbocycles. The smallest absolute Gasteiger partial charge is 0.241 e. The summed E-state index contributed by atoms with van der Waals surface area (Å²) in [5, 5.41) is 8.25. The van der Waals surface area contributed by atoms with Gasteiger partial charge in [-0.3, -0.25) is 4.79 Å². The first-order chi connectivity index (χ1) is 12.0. The van der Waals surface area contributed by atoms with Crippen LogP contribution in [0, 0.1) is 18.7 Å². The molecular formula is C19H21FN4O. The highest BCUT2D eigenvalue weighted by Crippen LogP contribution is 2.29. The summed E-state index contributed by atoms with van der Waals surface area (Å²) in [5.74, 6) is 0.0265. The van der Waals surface area contributed by atoms with Gasteiger partial charge in [0.1, 0.15) is 12.4 Å². The van der Waals surface area contributed by atoms with Gasteiger partial charge in [0.2, 0.25) is 5.91 Å². The van der Waals surface area contributed by atoms with Crippen LogP contribution in [0.4, 0.5) is 4.39 Å². The Bertz CT molecular complexity index is 900. The van der Waals surface area contributed by atoms with Crippen LogP contribution in [-0.4, -0.2) is 27.2 Å². The van der Waals surface area contributed by atoms with Crippen molar-refractivity contribution in [3.05, 3.63) is 48.0 Å². The zero-order valence-electron chi connectivity index (χ0n) is 14.6. The van der Waals surface area contributed by atoms with Gasteiger partial charge in [-0.2, -0.15) is 5.10 Å². The summed E-state index contributed by atoms with van der Waals surface area (Å²) in [6, 6.07) is 8.21. The number of hydrogen-bond acceptors (Lipinski definition) is 3. The predicted octanol–water partition coefficient (Wildman–Crippen LogP) is 3.32. The number of rotatable bonds is 5. The Hall–Kier alpha value is -2.76. The van der Waals surface area contributed by atoms with Crippen molar-refractivity contribution >= 4 is 16.9 Å². The van der Waals surface area contributed by atoms with Gasteiger partial charge < -0.3 is 5.32 Å². The van der Waals surface area contributed by atoms with E-state index in [1.165, 1.54) is 12.1 Å². The maximum absolute atomic E-state index is 13.2. The van der Waals surface area contributed by atoms with Crippen LogP contribution >= 0.6 is 0 Å². The second kappa shape index (κ2) is 7.01. The van der Waals surface area contributed by atoms with Crippen molar-refractivity contribution in [1.29, 1.82) is 0 Å². The third-order valence-electron chi connectivity index (χ3n) is 3.96. The lowest BCUT2D eigenvalue weighted by Gasteiger charge is -2.08. The molecule has 0 spiro atoms. The number of nitrogens with one attached hydrogen (secondary N) is 1. The second-order valence-electron chi connectivity index (χ2n) is 6.50. The van der Waals surface area contributed by atoms with E-state index in [4.69, 9.17) is 0 Å². The van der Waals surface area contributed by atoms with Gasteiger partial charge in [-0.1, -0.05) is 26.0 Å². The minimum atomic E-state index is -0.275. The summed E-state index contributed by atoms with van der Waals surface area (Å²) in [7, 11) is 0. The molecule has 2 aromatic heterocycles. The normalized spacial score (nSPS) is 11.2. The number of hydrogen-bond donors (Lipinski definition) is 1. The average molecular weight is 340 g/mol. The summed E-state index contributed by atoms with van der Waals surface area (Å²) in [6.45, 7) is 6.73. The first-order valence-corrected chi connectivity index (χ1v) is 8.30. The van der Waals surface area contributed by atoms with E-state index in [-0.39, 0.29) is 18.3 Å². The number of halogens is 1. The molecule has 3 rings (SSSR count). The first kappa shape index (κ1) is 17.1. The van der Waals surface area contributed by atoms with Crippen LogP contribution in [0.3, 0.4) is 0 Å². The molecular weight excluding hydrogens is 319 g/mol. The van der Waals surface area contributed by atoms with Gasteiger partial charge in [-0.25, -0.2) is 14.1 Å². The van der Waals surface area contributed by atoms with Crippen LogP contribution in [0.2, 0.25) is 0 Å². The average Bonchev–Trinajstić information content (AvgIpc) is 2.90. The first-order valence-electron chi connectivity index (χ1n) is 8.30. The number of fused-ring (bicyclic) bond motifs is 1. The molecule has 1 aromatic carbocycles. The highest BCUT2D eigenvalue weighted by molar-refractivity contribution is 5.95. The molecule has 3 aromatic rings. The fourth-order valence-electron chi connectivity index (χ4n) is 2.77. The summed E-state index contributed by atoms with van der Waals surface area (Å²) >= 11 is 0. The van der Waals surface area contributed by atoms with Gasteiger partial charge in [-0.15, -0.1) is 0 Å². The van der Waals surface area contributed by atoms with E-state index in [0.717, 1.165) is 22.2 Å². The van der Waals surface area contributed by atoms with E-state index in [1.54, 1.807) is 23.0 Å². The largest absolute Gasteiger partial charge is 0.354 e. The van der Waals surface area contributed by atoms with Crippen molar-refractivity contribution in [2.45, 2.75) is 27.3 Å². The molecule has 0 fully saturated rings. The fraction of sp³-hybridized carbons (Fsp3) is 0.316. The van der Waals surface area contributed by atoms with Crippen molar-refractivity contribution in [1.82, 2.24) is 20.1 Å². The van der Waals surface area contributed by atoms with Gasteiger partial charge in [-0.05, 0) is 42.2 Å². The molecule has 1 amide bonds. The molecule has 2 heterocycles. The van der Waals surface area contributed by atoms with Crippen LogP contribution in [0.5, 0.6) is 0 Å². The maximum atomic E-state index is 13.2. The van der Waals surface area contributed by atoms with Crippen LogP contribution in [-0.2, 0) is 11.3 Å². The van der Waals surface area contributed by atoms with E-state index < -0.39 is 0 Å². The summed E-state index contributed by atoms with van der Waals surface area (Å²) in [5.41, 5.74) is 3.26. The molecule has 0 unspecified atom stereocenters. The lowest BCUT2D eigenvalue weighted by molar-refractivity contribution is -0.121. The maximum Gasteiger partial charge on any atom is 0.241 e. The molecule has 25 heavy (non-hydrogen) atoms. The number of benzene rings is 1. The van der Waals surface area contributed by atoms with Gasteiger partial charge in [0.15, 0.2) is 5.65 Å². The quantitative estimate of drug-likeness (QED) is 0.775. The third kappa shape index (κ3) is 3.68. The highest BCUT2D eigenvalue weighted by atomic mass is 19.1. The second-order valence-corrected chi connectivity index (χ2v) is 6.50. The lowest BCUT2D eigenvalue weighted by atomic mass is 10.0. The van der Waals surface area contributed by atoms with Crippen molar-refractivity contribution in [2.24, 2.45) is 5.92 Å². The summed E-state index contributed by atoms with van der Waals surface area (Å²) < 4.78 is 14.8. The number of amides is 1. The molecule has 1 N–H and O–H groups in total. The number of carbonyl (C=O) groups excluding carboxylic acids is 1. The number of aryl methyl sites for hydroxylation is 1. The third-order valence-corrected chi connectivity index (χ3v) is 3.96. The van der Waals surface area contributed by atoms with Crippen molar-refractivity contribution in [3.63, 3.8) is 0 Å². The molecule has 0 aliphatic rings. The van der Waals surface area contributed by atoms with Crippen LogP contribution in [0.15, 0.2) is 36.5 Å². The molecule has 130 valence electrons. The van der Waals surface area contributed by atoms with Crippen LogP contribution < -0.4 is 5.32 Å². The molecule has 0 aliphatic carbocycles. The van der Waals surface area contributed by atoms with Crippen LogP contribution in [0.1, 0.15) is 19.5 Å². The Morgan fingerprint density at radius 1 is 1.24 bits per heavy atom. The predicted molar refractivity (Wildman–Crippen MR) is 95.5 cm³/mol.